The largest absolute Gasteiger partial charge is 0.350 e. The molecule has 2 heterocycles. The number of imidazole rings is 1. The maximum Gasteiger partial charge on any atom is 0.224 e. The van der Waals surface area contributed by atoms with Crippen molar-refractivity contribution in [1.82, 2.24) is 14.9 Å². The number of carbonyl (C=O) groups excluding carboxylic acids is 1. The van der Waals surface area contributed by atoms with Crippen LogP contribution in [0.3, 0.4) is 0 Å². The van der Waals surface area contributed by atoms with Crippen LogP contribution in [0.1, 0.15) is 49.9 Å². The zero-order chi connectivity index (χ0) is 17.1. The number of benzene rings is 1. The Balaban J connectivity index is 1.48. The highest BCUT2D eigenvalue weighted by atomic mass is 16.2. The Labute approximate surface area is 149 Å². The minimum Gasteiger partial charge on any atom is -0.350 e. The van der Waals surface area contributed by atoms with E-state index >= 15 is 0 Å². The lowest BCUT2D eigenvalue weighted by Crippen LogP contribution is -2.53. The average molecular weight is 337 g/mol. The van der Waals surface area contributed by atoms with Gasteiger partial charge in [0.05, 0.1) is 0 Å². The summed E-state index contributed by atoms with van der Waals surface area (Å²) in [4.78, 5) is 17.4. The minimum atomic E-state index is -0.0659. The third kappa shape index (κ3) is 3.63. The minimum absolute atomic E-state index is 0.0597. The molecule has 4 heteroatoms. The smallest absolute Gasteiger partial charge is 0.224 e. The van der Waals surface area contributed by atoms with Crippen molar-refractivity contribution in [2.45, 2.75) is 63.5 Å². The monoisotopic (exact) mass is 337 g/mol. The van der Waals surface area contributed by atoms with Crippen molar-refractivity contribution in [2.24, 2.45) is 5.92 Å². The normalized spacial score (nSPS) is 22.2. The molecule has 4 nitrogen and oxygen atoms in total. The van der Waals surface area contributed by atoms with Crippen molar-refractivity contribution in [3.63, 3.8) is 0 Å². The SMILES string of the molecule is O=C(NC1(Cc2ccccc2)CCCCC1)C1CCn2ccnc2C1. The number of amides is 1. The fourth-order valence-electron chi connectivity index (χ4n) is 4.50. The van der Waals surface area contributed by atoms with Crippen molar-refractivity contribution in [3.8, 4) is 0 Å². The number of nitrogens with zero attached hydrogens (tertiary/aromatic N) is 2. The summed E-state index contributed by atoms with van der Waals surface area (Å²) in [7, 11) is 0. The first kappa shape index (κ1) is 16.4. The molecular formula is C21H27N3O. The predicted molar refractivity (Wildman–Crippen MR) is 98.1 cm³/mol. The Bertz CT molecular complexity index is 716. The summed E-state index contributed by atoms with van der Waals surface area (Å²) in [5, 5.41) is 3.50. The number of fused-ring (bicyclic) bond motifs is 1. The molecule has 1 saturated carbocycles. The van der Waals surface area contributed by atoms with E-state index in [4.69, 9.17) is 0 Å². The summed E-state index contributed by atoms with van der Waals surface area (Å²) < 4.78 is 2.17. The second-order valence-corrected chi connectivity index (χ2v) is 7.72. The number of hydrogen-bond acceptors (Lipinski definition) is 2. The summed E-state index contributed by atoms with van der Waals surface area (Å²) in [6, 6.07) is 10.6. The molecule has 0 saturated heterocycles. The zero-order valence-corrected chi connectivity index (χ0v) is 14.8. The lowest BCUT2D eigenvalue weighted by Gasteiger charge is -2.40. The van der Waals surface area contributed by atoms with Crippen LogP contribution in [0.2, 0.25) is 0 Å². The van der Waals surface area contributed by atoms with E-state index in [1.165, 1.54) is 24.8 Å². The number of rotatable bonds is 4. The van der Waals surface area contributed by atoms with E-state index in [0.29, 0.717) is 0 Å². The molecule has 1 aliphatic heterocycles. The summed E-state index contributed by atoms with van der Waals surface area (Å²) in [5.74, 6) is 1.34. The van der Waals surface area contributed by atoms with E-state index in [9.17, 15) is 4.79 Å². The zero-order valence-electron chi connectivity index (χ0n) is 14.8. The molecule has 4 rings (SSSR count). The van der Waals surface area contributed by atoms with Crippen LogP contribution in [0.15, 0.2) is 42.7 Å². The van der Waals surface area contributed by atoms with Crippen molar-refractivity contribution < 1.29 is 4.79 Å². The van der Waals surface area contributed by atoms with Gasteiger partial charge in [0.25, 0.3) is 0 Å². The summed E-state index contributed by atoms with van der Waals surface area (Å²) in [6.07, 6.45) is 12.4. The summed E-state index contributed by atoms with van der Waals surface area (Å²) >= 11 is 0. The molecule has 1 aromatic carbocycles. The Morgan fingerprint density at radius 2 is 2.00 bits per heavy atom. The van der Waals surface area contributed by atoms with E-state index in [1.807, 2.05) is 12.4 Å². The molecule has 0 bridgehead atoms. The highest BCUT2D eigenvalue weighted by Gasteiger charge is 2.36. The van der Waals surface area contributed by atoms with Gasteiger partial charge in [-0.25, -0.2) is 4.98 Å². The molecule has 1 aromatic heterocycles. The number of aromatic nitrogens is 2. The van der Waals surface area contributed by atoms with Gasteiger partial charge in [-0.15, -0.1) is 0 Å². The van der Waals surface area contributed by atoms with Crippen LogP contribution in [-0.2, 0) is 24.2 Å². The Morgan fingerprint density at radius 3 is 2.80 bits per heavy atom. The quantitative estimate of drug-likeness (QED) is 0.928. The van der Waals surface area contributed by atoms with Gasteiger partial charge in [-0.3, -0.25) is 4.79 Å². The molecule has 0 radical (unpaired) electrons. The molecule has 25 heavy (non-hydrogen) atoms. The van der Waals surface area contributed by atoms with Crippen molar-refractivity contribution >= 4 is 5.91 Å². The molecule has 0 spiro atoms. The third-order valence-corrected chi connectivity index (χ3v) is 5.90. The summed E-state index contributed by atoms with van der Waals surface area (Å²) in [6.45, 7) is 0.902. The van der Waals surface area contributed by atoms with E-state index in [1.54, 1.807) is 0 Å². The van der Waals surface area contributed by atoms with Crippen LogP contribution in [-0.4, -0.2) is 21.0 Å². The van der Waals surface area contributed by atoms with E-state index in [-0.39, 0.29) is 17.4 Å². The van der Waals surface area contributed by atoms with Gasteiger partial charge in [0, 0.05) is 36.8 Å². The summed E-state index contributed by atoms with van der Waals surface area (Å²) in [5.41, 5.74) is 1.26. The number of nitrogens with one attached hydrogen (secondary N) is 1. The molecule has 1 amide bonds. The van der Waals surface area contributed by atoms with Gasteiger partial charge in [0.15, 0.2) is 0 Å². The number of aryl methyl sites for hydroxylation is 1. The number of carbonyl (C=O) groups is 1. The van der Waals surface area contributed by atoms with E-state index in [0.717, 1.165) is 44.5 Å². The molecule has 1 aliphatic carbocycles. The third-order valence-electron chi connectivity index (χ3n) is 5.90. The van der Waals surface area contributed by atoms with Crippen molar-refractivity contribution in [2.75, 3.05) is 0 Å². The van der Waals surface area contributed by atoms with Crippen LogP contribution in [0, 0.1) is 5.92 Å². The number of hydrogen-bond donors (Lipinski definition) is 1. The molecule has 1 unspecified atom stereocenters. The Morgan fingerprint density at radius 1 is 1.20 bits per heavy atom. The van der Waals surface area contributed by atoms with Crippen LogP contribution >= 0.6 is 0 Å². The van der Waals surface area contributed by atoms with Crippen molar-refractivity contribution in [3.05, 3.63) is 54.1 Å². The van der Waals surface area contributed by atoms with Crippen LogP contribution < -0.4 is 5.32 Å². The van der Waals surface area contributed by atoms with Gasteiger partial charge in [-0.2, -0.15) is 0 Å². The van der Waals surface area contributed by atoms with Gasteiger partial charge in [0.1, 0.15) is 5.82 Å². The van der Waals surface area contributed by atoms with Crippen LogP contribution in [0.5, 0.6) is 0 Å². The van der Waals surface area contributed by atoms with Gasteiger partial charge < -0.3 is 9.88 Å². The van der Waals surface area contributed by atoms with E-state index < -0.39 is 0 Å². The van der Waals surface area contributed by atoms with Gasteiger partial charge in [0.2, 0.25) is 5.91 Å². The first-order chi connectivity index (χ1) is 12.2. The van der Waals surface area contributed by atoms with Gasteiger partial charge in [-0.1, -0.05) is 49.6 Å². The Hall–Kier alpha value is -2.10. The highest BCUT2D eigenvalue weighted by Crippen LogP contribution is 2.32. The molecule has 2 aromatic rings. The first-order valence-corrected chi connectivity index (χ1v) is 9.60. The molecule has 132 valence electrons. The average Bonchev–Trinajstić information content (AvgIpc) is 3.11. The van der Waals surface area contributed by atoms with Gasteiger partial charge >= 0.3 is 0 Å². The van der Waals surface area contributed by atoms with Crippen molar-refractivity contribution in [1.29, 1.82) is 0 Å². The first-order valence-electron chi connectivity index (χ1n) is 9.60. The Kier molecular flexibility index (Phi) is 4.60. The maximum atomic E-state index is 13.0. The van der Waals surface area contributed by atoms with Gasteiger partial charge in [-0.05, 0) is 31.2 Å². The second-order valence-electron chi connectivity index (χ2n) is 7.72. The van der Waals surface area contributed by atoms with Crippen LogP contribution in [0.25, 0.3) is 0 Å². The standard InChI is InChI=1S/C21H27N3O/c25-20(18-9-13-24-14-12-22-19(24)15-18)23-21(10-5-2-6-11-21)16-17-7-3-1-4-8-17/h1,3-4,7-8,12,14,18H,2,5-6,9-11,13,15-16H2,(H,23,25). The second kappa shape index (κ2) is 7.03. The maximum absolute atomic E-state index is 13.0. The predicted octanol–water partition coefficient (Wildman–Crippen LogP) is 3.51. The molecule has 2 aliphatic rings. The fraction of sp³-hybridized carbons (Fsp3) is 0.524. The highest BCUT2D eigenvalue weighted by molar-refractivity contribution is 5.80. The lowest BCUT2D eigenvalue weighted by atomic mass is 9.77. The molecule has 1 fully saturated rings. The lowest BCUT2D eigenvalue weighted by molar-refractivity contribution is -0.128. The molecule has 1 N–H and O–H groups in total. The van der Waals surface area contributed by atoms with E-state index in [2.05, 4.69) is 45.2 Å². The fourth-order valence-corrected chi connectivity index (χ4v) is 4.50. The van der Waals surface area contributed by atoms with Crippen LogP contribution in [0.4, 0.5) is 0 Å². The topological polar surface area (TPSA) is 46.9 Å². The molecular weight excluding hydrogens is 310 g/mol. The molecule has 1 atom stereocenters.